The molecule has 38 heavy (non-hydrogen) atoms. The second-order valence-electron chi connectivity index (χ2n) is 8.98. The van der Waals surface area contributed by atoms with Gasteiger partial charge in [0.15, 0.2) is 0 Å². The van der Waals surface area contributed by atoms with Gasteiger partial charge in [0, 0.05) is 32.1 Å². The molecule has 8 nitrogen and oxygen atoms in total. The minimum absolute atomic E-state index is 0.0516. The van der Waals surface area contributed by atoms with Crippen LogP contribution < -0.4 is 14.4 Å². The zero-order chi connectivity index (χ0) is 28.3. The Morgan fingerprint density at radius 1 is 1.05 bits per heavy atom. The first-order valence-corrected chi connectivity index (χ1v) is 15.2. The van der Waals surface area contributed by atoms with Crippen molar-refractivity contribution in [1.29, 1.82) is 0 Å². The zero-order valence-corrected chi connectivity index (χ0v) is 24.7. The number of anilines is 1. The number of rotatable bonds is 15. The van der Waals surface area contributed by atoms with E-state index in [1.54, 1.807) is 42.5 Å². The number of carbonyl (C=O) groups excluding carboxylic acids is 2. The van der Waals surface area contributed by atoms with Crippen LogP contribution in [0.15, 0.2) is 42.5 Å². The van der Waals surface area contributed by atoms with Crippen LogP contribution in [0.5, 0.6) is 5.75 Å². The smallest absolute Gasteiger partial charge is 0.242 e. The Hall–Kier alpha value is -2.49. The molecule has 0 saturated heterocycles. The average molecular weight is 587 g/mol. The number of benzene rings is 2. The van der Waals surface area contributed by atoms with Crippen molar-refractivity contribution in [2.45, 2.75) is 58.5 Å². The quantitative estimate of drug-likeness (QED) is 0.287. The van der Waals surface area contributed by atoms with Crippen LogP contribution in [0, 0.1) is 0 Å². The van der Waals surface area contributed by atoms with Gasteiger partial charge in [0.25, 0.3) is 0 Å². The summed E-state index contributed by atoms with van der Waals surface area (Å²) in [4.78, 5) is 28.1. The van der Waals surface area contributed by atoms with Crippen LogP contribution in [-0.2, 0) is 26.2 Å². The molecule has 0 aliphatic carbocycles. The van der Waals surface area contributed by atoms with E-state index in [4.69, 9.17) is 27.9 Å². The van der Waals surface area contributed by atoms with Crippen LogP contribution >= 0.6 is 23.2 Å². The van der Waals surface area contributed by atoms with Crippen LogP contribution in [-0.4, -0.2) is 57.6 Å². The summed E-state index contributed by atoms with van der Waals surface area (Å²) in [5.41, 5.74) is 1.19. The van der Waals surface area contributed by atoms with Crippen LogP contribution in [0.2, 0.25) is 10.0 Å². The molecule has 2 amide bonds. The summed E-state index contributed by atoms with van der Waals surface area (Å²) in [6, 6.07) is 11.2. The molecule has 0 aliphatic rings. The Labute approximate surface area is 236 Å². The molecule has 210 valence electrons. The molecule has 0 aliphatic heterocycles. The summed E-state index contributed by atoms with van der Waals surface area (Å²) < 4.78 is 31.5. The van der Waals surface area contributed by atoms with Gasteiger partial charge in [-0.25, -0.2) is 8.42 Å². The Balaban J connectivity index is 2.23. The molecule has 2 rings (SSSR count). The lowest BCUT2D eigenvalue weighted by Crippen LogP contribution is -2.49. The summed E-state index contributed by atoms with van der Waals surface area (Å²) in [6.07, 6.45) is 3.63. The van der Waals surface area contributed by atoms with Crippen LogP contribution in [0.3, 0.4) is 0 Å². The fourth-order valence-electron chi connectivity index (χ4n) is 4.03. The van der Waals surface area contributed by atoms with Gasteiger partial charge in [-0.1, -0.05) is 55.6 Å². The van der Waals surface area contributed by atoms with Gasteiger partial charge in [0.05, 0.1) is 29.1 Å². The predicted molar refractivity (Wildman–Crippen MR) is 153 cm³/mol. The highest BCUT2D eigenvalue weighted by Crippen LogP contribution is 2.26. The van der Waals surface area contributed by atoms with E-state index in [0.717, 1.165) is 24.7 Å². The van der Waals surface area contributed by atoms with Crippen molar-refractivity contribution < 1.29 is 22.7 Å². The van der Waals surface area contributed by atoms with Crippen LogP contribution in [0.4, 0.5) is 5.69 Å². The molecule has 2 aromatic rings. The third-order valence-electron chi connectivity index (χ3n) is 6.05. The predicted octanol–water partition coefficient (Wildman–Crippen LogP) is 5.27. The first-order valence-electron chi connectivity index (χ1n) is 12.6. The molecular formula is C27H37Cl2N3O5S. The largest absolute Gasteiger partial charge is 0.497 e. The lowest BCUT2D eigenvalue weighted by Gasteiger charge is -2.31. The highest BCUT2D eigenvalue weighted by molar-refractivity contribution is 7.92. The first kappa shape index (κ1) is 31.7. The van der Waals surface area contributed by atoms with Gasteiger partial charge in [-0.15, -0.1) is 0 Å². The van der Waals surface area contributed by atoms with Gasteiger partial charge >= 0.3 is 0 Å². The van der Waals surface area contributed by atoms with Gasteiger partial charge in [0.2, 0.25) is 21.8 Å². The van der Waals surface area contributed by atoms with Gasteiger partial charge in [-0.2, -0.15) is 0 Å². The van der Waals surface area contributed by atoms with E-state index in [2.05, 4.69) is 5.32 Å². The first-order chi connectivity index (χ1) is 18.0. The fourth-order valence-corrected chi connectivity index (χ4v) is 5.31. The van der Waals surface area contributed by atoms with Gasteiger partial charge < -0.3 is 15.0 Å². The van der Waals surface area contributed by atoms with Crippen molar-refractivity contribution in [3.8, 4) is 5.75 Å². The topological polar surface area (TPSA) is 96.0 Å². The second-order valence-corrected chi connectivity index (χ2v) is 11.7. The van der Waals surface area contributed by atoms with Crippen molar-refractivity contribution in [3.05, 3.63) is 58.1 Å². The average Bonchev–Trinajstić information content (AvgIpc) is 2.87. The van der Waals surface area contributed by atoms with Gasteiger partial charge in [0.1, 0.15) is 11.8 Å². The van der Waals surface area contributed by atoms with Gasteiger partial charge in [-0.05, 0) is 49.1 Å². The molecule has 0 spiro atoms. The second kappa shape index (κ2) is 15.2. The maximum atomic E-state index is 13.5. The molecular weight excluding hydrogens is 549 g/mol. The number of unbranched alkanes of at least 4 members (excludes halogenated alkanes) is 1. The maximum Gasteiger partial charge on any atom is 0.242 e. The number of sulfonamides is 1. The number of ether oxygens (including phenoxy) is 1. The van der Waals surface area contributed by atoms with Crippen molar-refractivity contribution >= 4 is 50.7 Å². The molecule has 0 unspecified atom stereocenters. The highest BCUT2D eigenvalue weighted by atomic mass is 35.5. The van der Waals surface area contributed by atoms with E-state index in [9.17, 15) is 18.0 Å². The van der Waals surface area contributed by atoms with E-state index in [0.29, 0.717) is 34.4 Å². The van der Waals surface area contributed by atoms with Crippen molar-refractivity contribution in [2.75, 3.05) is 30.8 Å². The Kier molecular flexibility index (Phi) is 12.7. The summed E-state index contributed by atoms with van der Waals surface area (Å²) in [5.74, 6) is 0.0519. The molecule has 11 heteroatoms. The van der Waals surface area contributed by atoms with E-state index in [-0.39, 0.29) is 37.7 Å². The molecule has 1 atom stereocenters. The zero-order valence-electron chi connectivity index (χ0n) is 22.4. The molecule has 0 heterocycles. The number of methoxy groups -OCH3 is 1. The van der Waals surface area contributed by atoms with Crippen molar-refractivity contribution in [1.82, 2.24) is 10.2 Å². The minimum atomic E-state index is -3.60. The molecule has 0 radical (unpaired) electrons. The number of carbonyl (C=O) groups is 2. The molecule has 1 N–H and O–H groups in total. The molecule has 0 saturated carbocycles. The Morgan fingerprint density at radius 3 is 2.39 bits per heavy atom. The maximum absolute atomic E-state index is 13.5. The number of amides is 2. The number of hydrogen-bond donors (Lipinski definition) is 1. The standard InChI is InChI=1S/C27H37Cl2N3O5S/c1-5-7-15-30-27(34)25(6-2)31(19-20-13-14-23(28)24(29)17-20)26(33)12-9-16-32(38(4,35)36)21-10-8-11-22(18-21)37-3/h8,10-11,13-14,17-18,25H,5-7,9,12,15-16,19H2,1-4H3,(H,30,34)/t25-/m1/s1. The third kappa shape index (κ3) is 9.36. The Morgan fingerprint density at radius 2 is 1.79 bits per heavy atom. The number of hydrogen-bond acceptors (Lipinski definition) is 5. The SMILES string of the molecule is CCCCNC(=O)[C@@H](CC)N(Cc1ccc(Cl)c(Cl)c1)C(=O)CCCN(c1cccc(OC)c1)S(C)(=O)=O. The Bertz CT molecular complexity index is 1190. The molecule has 2 aromatic carbocycles. The molecule has 0 aromatic heterocycles. The molecule has 0 fully saturated rings. The van der Waals surface area contributed by atoms with E-state index < -0.39 is 16.1 Å². The monoisotopic (exact) mass is 585 g/mol. The molecule has 0 bridgehead atoms. The summed E-state index contributed by atoms with van der Waals surface area (Å²) in [6.45, 7) is 4.69. The summed E-state index contributed by atoms with van der Waals surface area (Å²) in [5, 5.41) is 3.68. The lowest BCUT2D eigenvalue weighted by atomic mass is 10.1. The summed E-state index contributed by atoms with van der Waals surface area (Å²) >= 11 is 12.2. The van der Waals surface area contributed by atoms with Crippen molar-refractivity contribution in [2.24, 2.45) is 0 Å². The summed E-state index contributed by atoms with van der Waals surface area (Å²) in [7, 11) is -2.10. The normalized spacial score (nSPS) is 12.1. The van der Waals surface area contributed by atoms with E-state index in [1.807, 2.05) is 13.8 Å². The van der Waals surface area contributed by atoms with E-state index in [1.165, 1.54) is 16.3 Å². The minimum Gasteiger partial charge on any atom is -0.497 e. The number of halogens is 2. The van der Waals surface area contributed by atoms with Gasteiger partial charge in [-0.3, -0.25) is 13.9 Å². The van der Waals surface area contributed by atoms with E-state index >= 15 is 0 Å². The highest BCUT2D eigenvalue weighted by Gasteiger charge is 2.29. The van der Waals surface area contributed by atoms with Crippen LogP contribution in [0.1, 0.15) is 51.5 Å². The van der Waals surface area contributed by atoms with Crippen LogP contribution in [0.25, 0.3) is 0 Å². The lowest BCUT2D eigenvalue weighted by molar-refractivity contribution is -0.141. The number of nitrogens with zero attached hydrogens (tertiary/aromatic N) is 2. The fraction of sp³-hybridized carbons (Fsp3) is 0.481. The number of nitrogens with one attached hydrogen (secondary N) is 1. The third-order valence-corrected chi connectivity index (χ3v) is 7.98. The van der Waals surface area contributed by atoms with Crippen molar-refractivity contribution in [3.63, 3.8) is 0 Å².